The Morgan fingerprint density at radius 1 is 1.12 bits per heavy atom. The van der Waals surface area contributed by atoms with E-state index in [1.54, 1.807) is 12.1 Å². The van der Waals surface area contributed by atoms with Crippen molar-refractivity contribution in [2.75, 3.05) is 26.2 Å². The molecule has 2 atom stereocenters. The molecular weight excluding hydrogens is 317 g/mol. The summed E-state index contributed by atoms with van der Waals surface area (Å²) in [5, 5.41) is 4.07. The maximum Gasteiger partial charge on any atom is 0.138 e. The van der Waals surface area contributed by atoms with Crippen LogP contribution >= 0.6 is 0 Å². The molecule has 0 N–H and O–H groups in total. The van der Waals surface area contributed by atoms with Crippen molar-refractivity contribution in [2.24, 2.45) is 11.8 Å². The summed E-state index contributed by atoms with van der Waals surface area (Å²) in [4.78, 5) is 5.03. The van der Waals surface area contributed by atoms with Gasteiger partial charge in [-0.3, -0.25) is 9.80 Å². The molecule has 0 spiro atoms. The average Bonchev–Trinajstić information content (AvgIpc) is 3.12. The lowest BCUT2D eigenvalue weighted by Crippen LogP contribution is -2.39. The summed E-state index contributed by atoms with van der Waals surface area (Å²) in [7, 11) is 0. The fraction of sp³-hybridized carbons (Fsp3) is 0.550. The van der Waals surface area contributed by atoms with Crippen LogP contribution in [-0.4, -0.2) is 41.1 Å². The van der Waals surface area contributed by atoms with Gasteiger partial charge >= 0.3 is 0 Å². The van der Waals surface area contributed by atoms with Crippen LogP contribution in [-0.2, 0) is 13.1 Å². The van der Waals surface area contributed by atoms with Crippen LogP contribution in [0.4, 0.5) is 4.39 Å². The van der Waals surface area contributed by atoms with E-state index in [0.717, 1.165) is 62.2 Å². The first-order valence-electron chi connectivity index (χ1n) is 9.19. The highest BCUT2D eigenvalue weighted by Crippen LogP contribution is 2.33. The molecule has 0 amide bonds. The zero-order chi connectivity index (χ0) is 17.4. The van der Waals surface area contributed by atoms with Crippen LogP contribution in [0.2, 0.25) is 0 Å². The Morgan fingerprint density at radius 2 is 1.92 bits per heavy atom. The van der Waals surface area contributed by atoms with Gasteiger partial charge < -0.3 is 4.52 Å². The van der Waals surface area contributed by atoms with Crippen molar-refractivity contribution >= 4 is 0 Å². The summed E-state index contributed by atoms with van der Waals surface area (Å²) < 4.78 is 18.7. The number of halogens is 1. The van der Waals surface area contributed by atoms with Crippen LogP contribution in [0.1, 0.15) is 29.0 Å². The summed E-state index contributed by atoms with van der Waals surface area (Å²) in [6.07, 6.45) is 1.24. The molecule has 0 radical (unpaired) electrons. The van der Waals surface area contributed by atoms with Gasteiger partial charge in [-0.05, 0) is 56.3 Å². The van der Waals surface area contributed by atoms with Crippen LogP contribution in [0.15, 0.2) is 28.8 Å². The van der Waals surface area contributed by atoms with Crippen LogP contribution in [0.25, 0.3) is 0 Å². The Kier molecular flexibility index (Phi) is 4.61. The molecule has 5 heteroatoms. The van der Waals surface area contributed by atoms with Crippen LogP contribution in [0.5, 0.6) is 0 Å². The number of fused-ring (bicyclic) bond motifs is 1. The number of nitrogens with zero attached hydrogens (tertiary/aromatic N) is 3. The van der Waals surface area contributed by atoms with E-state index in [1.165, 1.54) is 18.1 Å². The van der Waals surface area contributed by atoms with Gasteiger partial charge in [0.25, 0.3) is 0 Å². The lowest BCUT2D eigenvalue weighted by molar-refractivity contribution is 0.141. The van der Waals surface area contributed by atoms with Gasteiger partial charge in [0, 0.05) is 38.3 Å². The standard InChI is InChI=1S/C20H26FN3O/c1-14-20(15(2)25-22-14)13-23-7-6-17-10-24(12-18(17)11-23)9-16-4-3-5-19(21)8-16/h3-5,8,17-18H,6-7,9-13H2,1-2H3/t17-,18+/m0/s1. The van der Waals surface area contributed by atoms with Gasteiger partial charge in [0.15, 0.2) is 0 Å². The number of likely N-dealkylation sites (tertiary alicyclic amines) is 2. The zero-order valence-corrected chi connectivity index (χ0v) is 15.0. The van der Waals surface area contributed by atoms with Crippen molar-refractivity contribution in [2.45, 2.75) is 33.4 Å². The van der Waals surface area contributed by atoms with Gasteiger partial charge in [-0.15, -0.1) is 0 Å². The molecule has 3 heterocycles. The molecule has 0 bridgehead atoms. The van der Waals surface area contributed by atoms with E-state index >= 15 is 0 Å². The first kappa shape index (κ1) is 16.7. The largest absolute Gasteiger partial charge is 0.361 e. The molecule has 2 saturated heterocycles. The predicted octanol–water partition coefficient (Wildman–Crippen LogP) is 3.38. The van der Waals surface area contributed by atoms with Crippen molar-refractivity contribution in [3.05, 3.63) is 52.7 Å². The van der Waals surface area contributed by atoms with Crippen molar-refractivity contribution in [1.29, 1.82) is 0 Å². The molecule has 1 aromatic heterocycles. The molecule has 0 saturated carbocycles. The molecule has 0 aliphatic carbocycles. The highest BCUT2D eigenvalue weighted by atomic mass is 19.1. The van der Waals surface area contributed by atoms with Gasteiger partial charge in [-0.25, -0.2) is 4.39 Å². The Bertz CT molecular complexity index is 725. The topological polar surface area (TPSA) is 32.5 Å². The van der Waals surface area contributed by atoms with Crippen molar-refractivity contribution in [3.8, 4) is 0 Å². The molecule has 1 aromatic carbocycles. The van der Waals surface area contributed by atoms with Crippen molar-refractivity contribution < 1.29 is 8.91 Å². The van der Waals surface area contributed by atoms with E-state index in [9.17, 15) is 4.39 Å². The number of rotatable bonds is 4. The third kappa shape index (κ3) is 3.62. The summed E-state index contributed by atoms with van der Waals surface area (Å²) in [6.45, 7) is 10.3. The van der Waals surface area contributed by atoms with Crippen molar-refractivity contribution in [3.63, 3.8) is 0 Å². The lowest BCUT2D eigenvalue weighted by Gasteiger charge is -2.34. The normalized spacial score (nSPS) is 24.6. The first-order chi connectivity index (χ1) is 12.1. The molecular formula is C20H26FN3O. The van der Waals surface area contributed by atoms with Gasteiger partial charge in [0.2, 0.25) is 0 Å². The highest BCUT2D eigenvalue weighted by Gasteiger charge is 2.37. The van der Waals surface area contributed by atoms with E-state index in [4.69, 9.17) is 4.52 Å². The van der Waals surface area contributed by atoms with Gasteiger partial charge in [0.1, 0.15) is 11.6 Å². The summed E-state index contributed by atoms with van der Waals surface area (Å²) >= 11 is 0. The second-order valence-electron chi connectivity index (χ2n) is 7.67. The van der Waals surface area contributed by atoms with E-state index in [0.29, 0.717) is 5.92 Å². The SMILES string of the molecule is Cc1noc(C)c1CN1CC[C@H]2CN(Cc3cccc(F)c3)C[C@H]2C1. The highest BCUT2D eigenvalue weighted by molar-refractivity contribution is 5.21. The Labute approximate surface area is 148 Å². The van der Waals surface area contributed by atoms with E-state index in [-0.39, 0.29) is 5.82 Å². The molecule has 4 nitrogen and oxygen atoms in total. The maximum absolute atomic E-state index is 13.4. The number of hydrogen-bond donors (Lipinski definition) is 0. The number of benzene rings is 1. The molecule has 2 aliphatic rings. The lowest BCUT2D eigenvalue weighted by atomic mass is 9.88. The smallest absolute Gasteiger partial charge is 0.138 e. The first-order valence-corrected chi connectivity index (χ1v) is 9.19. The van der Waals surface area contributed by atoms with Crippen LogP contribution in [0.3, 0.4) is 0 Å². The number of aromatic nitrogens is 1. The van der Waals surface area contributed by atoms with Gasteiger partial charge in [0.05, 0.1) is 5.69 Å². The maximum atomic E-state index is 13.4. The monoisotopic (exact) mass is 343 g/mol. The number of aryl methyl sites for hydroxylation is 2. The molecule has 2 aromatic rings. The minimum Gasteiger partial charge on any atom is -0.361 e. The second-order valence-corrected chi connectivity index (χ2v) is 7.67. The van der Waals surface area contributed by atoms with Gasteiger partial charge in [-0.1, -0.05) is 17.3 Å². The van der Waals surface area contributed by atoms with E-state index in [2.05, 4.69) is 15.0 Å². The van der Waals surface area contributed by atoms with Crippen LogP contribution < -0.4 is 0 Å². The molecule has 134 valence electrons. The predicted molar refractivity (Wildman–Crippen MR) is 94.5 cm³/mol. The molecule has 4 rings (SSSR count). The Morgan fingerprint density at radius 3 is 2.68 bits per heavy atom. The Hall–Kier alpha value is -1.72. The Balaban J connectivity index is 1.36. The third-order valence-corrected chi connectivity index (χ3v) is 5.82. The number of piperidine rings is 1. The average molecular weight is 343 g/mol. The summed E-state index contributed by atoms with van der Waals surface area (Å²) in [6, 6.07) is 7.00. The fourth-order valence-electron chi connectivity index (χ4n) is 4.46. The van der Waals surface area contributed by atoms with Gasteiger partial charge in [-0.2, -0.15) is 0 Å². The van der Waals surface area contributed by atoms with Crippen LogP contribution in [0, 0.1) is 31.5 Å². The minimum absolute atomic E-state index is 0.139. The third-order valence-electron chi connectivity index (χ3n) is 5.82. The number of hydrogen-bond acceptors (Lipinski definition) is 4. The quantitative estimate of drug-likeness (QED) is 0.852. The summed E-state index contributed by atoms with van der Waals surface area (Å²) in [5.41, 5.74) is 3.33. The molecule has 25 heavy (non-hydrogen) atoms. The van der Waals surface area contributed by atoms with Crippen molar-refractivity contribution in [1.82, 2.24) is 15.0 Å². The minimum atomic E-state index is -0.139. The second kappa shape index (κ2) is 6.89. The fourth-order valence-corrected chi connectivity index (χ4v) is 4.46. The van der Waals surface area contributed by atoms with E-state index < -0.39 is 0 Å². The van der Waals surface area contributed by atoms with E-state index in [1.807, 2.05) is 19.9 Å². The zero-order valence-electron chi connectivity index (χ0n) is 15.0. The molecule has 0 unspecified atom stereocenters. The molecule has 2 fully saturated rings. The molecule has 2 aliphatic heterocycles. The summed E-state index contributed by atoms with van der Waals surface area (Å²) in [5.74, 6) is 2.29.